The van der Waals surface area contributed by atoms with Crippen molar-refractivity contribution in [1.29, 1.82) is 5.26 Å². The molecule has 3 heteroatoms. The van der Waals surface area contributed by atoms with E-state index in [4.69, 9.17) is 11.0 Å². The van der Waals surface area contributed by atoms with Gasteiger partial charge >= 0.3 is 0 Å². The Hall–Kier alpha value is -1.82. The molecule has 0 saturated heterocycles. The molecule has 0 unspecified atom stereocenters. The first-order valence-electron chi connectivity index (χ1n) is 3.88. The van der Waals surface area contributed by atoms with Crippen molar-refractivity contribution in [2.45, 2.75) is 13.8 Å². The van der Waals surface area contributed by atoms with Gasteiger partial charge in [-0.3, -0.25) is 4.79 Å². The smallest absolute Gasteiger partial charge is 0.160 e. The average molecular weight is 174 g/mol. The highest BCUT2D eigenvalue weighted by atomic mass is 16.1. The van der Waals surface area contributed by atoms with E-state index >= 15 is 0 Å². The zero-order chi connectivity index (χ0) is 10.0. The number of anilines is 1. The molecule has 0 aliphatic rings. The Morgan fingerprint density at radius 1 is 1.54 bits per heavy atom. The van der Waals surface area contributed by atoms with Crippen LogP contribution in [0.2, 0.25) is 0 Å². The Bertz CT molecular complexity index is 402. The van der Waals surface area contributed by atoms with E-state index in [1.54, 1.807) is 19.1 Å². The zero-order valence-electron chi connectivity index (χ0n) is 7.59. The van der Waals surface area contributed by atoms with Gasteiger partial charge in [-0.25, -0.2) is 0 Å². The van der Waals surface area contributed by atoms with Crippen molar-refractivity contribution in [2.75, 3.05) is 5.73 Å². The number of nitrogens with two attached hydrogens (primary N) is 1. The minimum atomic E-state index is -0.0472. The molecule has 0 spiro atoms. The highest BCUT2D eigenvalue weighted by Crippen LogP contribution is 2.19. The van der Waals surface area contributed by atoms with Gasteiger partial charge in [-0.2, -0.15) is 5.26 Å². The molecule has 1 aromatic carbocycles. The van der Waals surface area contributed by atoms with Crippen LogP contribution in [0.25, 0.3) is 0 Å². The van der Waals surface area contributed by atoms with Crippen molar-refractivity contribution in [3.8, 4) is 6.07 Å². The number of hydrogen-bond acceptors (Lipinski definition) is 3. The number of nitrogens with zero attached hydrogens (tertiary/aromatic N) is 1. The number of nitriles is 1. The summed E-state index contributed by atoms with van der Waals surface area (Å²) in [5, 5.41) is 8.76. The van der Waals surface area contributed by atoms with E-state index in [1.165, 1.54) is 6.92 Å². The summed E-state index contributed by atoms with van der Waals surface area (Å²) >= 11 is 0. The lowest BCUT2D eigenvalue weighted by Crippen LogP contribution is -2.01. The van der Waals surface area contributed by atoms with Gasteiger partial charge in [0, 0.05) is 11.3 Å². The predicted octanol–water partition coefficient (Wildman–Crippen LogP) is 1.65. The van der Waals surface area contributed by atoms with Gasteiger partial charge in [0.05, 0.1) is 5.56 Å². The van der Waals surface area contributed by atoms with Crippen LogP contribution in [0, 0.1) is 18.3 Å². The molecular weight excluding hydrogens is 164 g/mol. The second-order valence-corrected chi connectivity index (χ2v) is 2.87. The third-order valence-corrected chi connectivity index (χ3v) is 1.99. The second-order valence-electron chi connectivity index (χ2n) is 2.87. The van der Waals surface area contributed by atoms with Crippen LogP contribution in [0.5, 0.6) is 0 Å². The fourth-order valence-electron chi connectivity index (χ4n) is 1.26. The lowest BCUT2D eigenvalue weighted by molar-refractivity contribution is 0.101. The molecule has 13 heavy (non-hydrogen) atoms. The molecule has 1 aromatic rings. The maximum atomic E-state index is 11.1. The van der Waals surface area contributed by atoms with Crippen molar-refractivity contribution in [3.05, 3.63) is 28.8 Å². The summed E-state index contributed by atoms with van der Waals surface area (Å²) in [7, 11) is 0. The van der Waals surface area contributed by atoms with Crippen LogP contribution in [-0.2, 0) is 0 Å². The maximum absolute atomic E-state index is 11.1. The highest BCUT2D eigenvalue weighted by molar-refractivity contribution is 5.96. The largest absolute Gasteiger partial charge is 0.398 e. The van der Waals surface area contributed by atoms with Gasteiger partial charge in [0.25, 0.3) is 0 Å². The SMILES string of the molecule is CC(=O)c1ccc(N)c(C#N)c1C. The van der Waals surface area contributed by atoms with Gasteiger partial charge in [0.2, 0.25) is 0 Å². The summed E-state index contributed by atoms with van der Waals surface area (Å²) in [6.07, 6.45) is 0. The molecular formula is C10H10N2O. The van der Waals surface area contributed by atoms with Gasteiger partial charge in [-0.15, -0.1) is 0 Å². The van der Waals surface area contributed by atoms with E-state index in [1.807, 2.05) is 6.07 Å². The minimum absolute atomic E-state index is 0.0472. The number of benzene rings is 1. The van der Waals surface area contributed by atoms with Crippen LogP contribution < -0.4 is 5.73 Å². The molecule has 0 bridgehead atoms. The minimum Gasteiger partial charge on any atom is -0.398 e. The van der Waals surface area contributed by atoms with Crippen molar-refractivity contribution < 1.29 is 4.79 Å². The Morgan fingerprint density at radius 3 is 2.62 bits per heavy atom. The fraction of sp³-hybridized carbons (Fsp3) is 0.200. The number of carbonyl (C=O) groups is 1. The Morgan fingerprint density at radius 2 is 2.15 bits per heavy atom. The molecule has 0 aliphatic carbocycles. The lowest BCUT2D eigenvalue weighted by Gasteiger charge is -2.05. The highest BCUT2D eigenvalue weighted by Gasteiger charge is 2.09. The van der Waals surface area contributed by atoms with Crippen molar-refractivity contribution in [2.24, 2.45) is 0 Å². The molecule has 0 aromatic heterocycles. The summed E-state index contributed by atoms with van der Waals surface area (Å²) in [6.45, 7) is 3.20. The number of hydrogen-bond donors (Lipinski definition) is 1. The van der Waals surface area contributed by atoms with Crippen molar-refractivity contribution in [3.63, 3.8) is 0 Å². The topological polar surface area (TPSA) is 66.9 Å². The fourth-order valence-corrected chi connectivity index (χ4v) is 1.26. The monoisotopic (exact) mass is 174 g/mol. The molecule has 0 heterocycles. The molecule has 0 amide bonds. The average Bonchev–Trinajstić information content (AvgIpc) is 2.04. The number of carbonyl (C=O) groups excluding carboxylic acids is 1. The third-order valence-electron chi connectivity index (χ3n) is 1.99. The number of Topliss-reactive ketones (excluding diaryl/α,β-unsaturated/α-hetero) is 1. The molecule has 0 aliphatic heterocycles. The van der Waals surface area contributed by atoms with E-state index in [9.17, 15) is 4.79 Å². The Labute approximate surface area is 76.8 Å². The van der Waals surface area contributed by atoms with Crippen molar-refractivity contribution >= 4 is 11.5 Å². The Balaban J connectivity index is 3.47. The summed E-state index contributed by atoms with van der Waals surface area (Å²) in [6, 6.07) is 5.21. The number of rotatable bonds is 1. The predicted molar refractivity (Wildman–Crippen MR) is 50.3 cm³/mol. The third kappa shape index (κ3) is 1.52. The van der Waals surface area contributed by atoms with E-state index in [0.29, 0.717) is 22.4 Å². The van der Waals surface area contributed by atoms with Gasteiger partial charge in [0.15, 0.2) is 5.78 Å². The molecule has 0 radical (unpaired) electrons. The first-order valence-corrected chi connectivity index (χ1v) is 3.88. The normalized spacial score (nSPS) is 9.31. The standard InChI is InChI=1S/C10H10N2O/c1-6-8(7(2)13)3-4-10(12)9(6)5-11/h3-4H,12H2,1-2H3. The van der Waals surface area contributed by atoms with Crippen LogP contribution in [0.1, 0.15) is 28.4 Å². The van der Waals surface area contributed by atoms with Gasteiger partial charge < -0.3 is 5.73 Å². The quantitative estimate of drug-likeness (QED) is 0.520. The Kier molecular flexibility index (Phi) is 2.34. The molecule has 0 fully saturated rings. The molecule has 0 saturated carbocycles. The zero-order valence-corrected chi connectivity index (χ0v) is 7.59. The van der Waals surface area contributed by atoms with E-state index in [0.717, 1.165) is 0 Å². The first kappa shape index (κ1) is 9.27. The van der Waals surface area contributed by atoms with Gasteiger partial charge in [0.1, 0.15) is 6.07 Å². The van der Waals surface area contributed by atoms with E-state index in [-0.39, 0.29) is 5.78 Å². The molecule has 0 atom stereocenters. The van der Waals surface area contributed by atoms with Crippen LogP contribution in [0.15, 0.2) is 12.1 Å². The van der Waals surface area contributed by atoms with Crippen LogP contribution >= 0.6 is 0 Å². The maximum Gasteiger partial charge on any atom is 0.160 e. The lowest BCUT2D eigenvalue weighted by atomic mass is 9.99. The van der Waals surface area contributed by atoms with Gasteiger partial charge in [-0.05, 0) is 31.5 Å². The number of ketones is 1. The van der Waals surface area contributed by atoms with Gasteiger partial charge in [-0.1, -0.05) is 0 Å². The van der Waals surface area contributed by atoms with Crippen LogP contribution in [0.4, 0.5) is 5.69 Å². The molecule has 66 valence electrons. The summed E-state index contributed by atoms with van der Waals surface area (Å²) in [5.41, 5.74) is 7.61. The van der Waals surface area contributed by atoms with Crippen LogP contribution in [0.3, 0.4) is 0 Å². The van der Waals surface area contributed by atoms with Crippen LogP contribution in [-0.4, -0.2) is 5.78 Å². The molecule has 1 rings (SSSR count). The number of nitrogen functional groups attached to an aromatic ring is 1. The van der Waals surface area contributed by atoms with Crippen molar-refractivity contribution in [1.82, 2.24) is 0 Å². The summed E-state index contributed by atoms with van der Waals surface area (Å²) in [5.74, 6) is -0.0472. The second kappa shape index (κ2) is 3.28. The van der Waals surface area contributed by atoms with E-state index in [2.05, 4.69) is 0 Å². The first-order chi connectivity index (χ1) is 6.07. The molecule has 2 N–H and O–H groups in total. The van der Waals surface area contributed by atoms with E-state index < -0.39 is 0 Å². The molecule has 3 nitrogen and oxygen atoms in total. The summed E-state index contributed by atoms with van der Waals surface area (Å²) < 4.78 is 0. The summed E-state index contributed by atoms with van der Waals surface area (Å²) in [4.78, 5) is 11.1.